The molecule has 1 saturated carbocycles. The second-order valence-electron chi connectivity index (χ2n) is 7.26. The van der Waals surface area contributed by atoms with Crippen molar-refractivity contribution in [1.29, 1.82) is 0 Å². The summed E-state index contributed by atoms with van der Waals surface area (Å²) in [5.74, 6) is 0.497. The molecule has 1 unspecified atom stereocenters. The van der Waals surface area contributed by atoms with Gasteiger partial charge in [0.25, 0.3) is 5.91 Å². The molecule has 3 heterocycles. The first-order valence-corrected chi connectivity index (χ1v) is 9.01. The molecule has 3 aliphatic rings. The first kappa shape index (κ1) is 16.1. The summed E-state index contributed by atoms with van der Waals surface area (Å²) in [5, 5.41) is 5.78. The van der Waals surface area contributed by atoms with Crippen LogP contribution in [0.15, 0.2) is 12.4 Å². The third kappa shape index (κ3) is 2.89. The lowest BCUT2D eigenvalue weighted by molar-refractivity contribution is -0.136. The third-order valence-electron chi connectivity index (χ3n) is 5.56. The number of aromatic nitrogens is 2. The third-order valence-corrected chi connectivity index (χ3v) is 5.56. The van der Waals surface area contributed by atoms with Crippen molar-refractivity contribution in [1.82, 2.24) is 25.1 Å². The minimum Gasteiger partial charge on any atom is -0.350 e. The van der Waals surface area contributed by atoms with Crippen LogP contribution in [0.3, 0.4) is 0 Å². The topological polar surface area (TPSA) is 96.3 Å². The highest BCUT2D eigenvalue weighted by Gasteiger charge is 2.51. The summed E-state index contributed by atoms with van der Waals surface area (Å²) < 4.78 is 2.03. The molecule has 2 aliphatic heterocycles. The molecule has 2 N–H and O–H groups in total. The second-order valence-corrected chi connectivity index (χ2v) is 7.26. The second kappa shape index (κ2) is 6.16. The molecule has 25 heavy (non-hydrogen) atoms. The van der Waals surface area contributed by atoms with Crippen molar-refractivity contribution in [3.8, 4) is 0 Å². The standard InChI is InChI=1S/C17H23N5O3/c23-14(19-12-4-5-13-18-8-9-21(13)10-12)11-22-15(24)17(20-16(22)25)6-2-1-3-7-17/h8-9,12H,1-7,10-11H2,(H,19,23)(H,20,25). The van der Waals surface area contributed by atoms with Crippen LogP contribution >= 0.6 is 0 Å². The average molecular weight is 345 g/mol. The van der Waals surface area contributed by atoms with E-state index in [0.717, 1.165) is 42.8 Å². The van der Waals surface area contributed by atoms with Gasteiger partial charge in [0.2, 0.25) is 5.91 Å². The van der Waals surface area contributed by atoms with Gasteiger partial charge in [0.05, 0.1) is 0 Å². The summed E-state index contributed by atoms with van der Waals surface area (Å²) in [6.07, 6.45) is 9.57. The van der Waals surface area contributed by atoms with Gasteiger partial charge in [-0.1, -0.05) is 19.3 Å². The van der Waals surface area contributed by atoms with E-state index in [1.165, 1.54) is 0 Å². The smallest absolute Gasteiger partial charge is 0.325 e. The molecule has 1 aromatic rings. The van der Waals surface area contributed by atoms with Crippen molar-refractivity contribution in [3.05, 3.63) is 18.2 Å². The SMILES string of the molecule is O=C(CN1C(=O)NC2(CCCCC2)C1=O)NC1CCc2nccn2C1. The fourth-order valence-corrected chi connectivity index (χ4v) is 4.22. The summed E-state index contributed by atoms with van der Waals surface area (Å²) in [7, 11) is 0. The van der Waals surface area contributed by atoms with Crippen molar-refractivity contribution in [2.75, 3.05) is 6.54 Å². The fraction of sp³-hybridized carbons (Fsp3) is 0.647. The van der Waals surface area contributed by atoms with E-state index in [0.29, 0.717) is 19.4 Å². The Balaban J connectivity index is 1.36. The Labute approximate surface area is 146 Å². The number of nitrogens with zero attached hydrogens (tertiary/aromatic N) is 3. The van der Waals surface area contributed by atoms with Crippen LogP contribution in [-0.2, 0) is 22.6 Å². The van der Waals surface area contributed by atoms with E-state index in [1.54, 1.807) is 6.20 Å². The Morgan fingerprint density at radius 2 is 2.12 bits per heavy atom. The summed E-state index contributed by atoms with van der Waals surface area (Å²) in [6.45, 7) is 0.463. The summed E-state index contributed by atoms with van der Waals surface area (Å²) in [6, 6.07) is -0.443. The first-order chi connectivity index (χ1) is 12.1. The number of carbonyl (C=O) groups is 3. The van der Waals surface area contributed by atoms with Crippen LogP contribution < -0.4 is 10.6 Å². The lowest BCUT2D eigenvalue weighted by Gasteiger charge is -2.30. The summed E-state index contributed by atoms with van der Waals surface area (Å²) >= 11 is 0. The monoisotopic (exact) mass is 345 g/mol. The molecule has 0 bridgehead atoms. The molecule has 4 amide bonds. The van der Waals surface area contributed by atoms with Crippen LogP contribution in [0.4, 0.5) is 4.79 Å². The first-order valence-electron chi connectivity index (χ1n) is 9.01. The average Bonchev–Trinajstić information content (AvgIpc) is 3.14. The zero-order valence-electron chi connectivity index (χ0n) is 14.2. The van der Waals surface area contributed by atoms with Gasteiger partial charge < -0.3 is 15.2 Å². The Morgan fingerprint density at radius 3 is 2.92 bits per heavy atom. The normalized spacial score (nSPS) is 25.0. The number of nitrogens with one attached hydrogen (secondary N) is 2. The van der Waals surface area contributed by atoms with E-state index in [4.69, 9.17) is 0 Å². The summed E-state index contributed by atoms with van der Waals surface area (Å²) in [4.78, 5) is 42.6. The number of imide groups is 1. The van der Waals surface area contributed by atoms with Crippen molar-refractivity contribution >= 4 is 17.8 Å². The largest absolute Gasteiger partial charge is 0.350 e. The Kier molecular flexibility index (Phi) is 3.97. The van der Waals surface area contributed by atoms with Crippen molar-refractivity contribution < 1.29 is 14.4 Å². The number of rotatable bonds is 3. The molecule has 1 aliphatic carbocycles. The molecule has 4 rings (SSSR count). The predicted molar refractivity (Wildman–Crippen MR) is 88.5 cm³/mol. The van der Waals surface area contributed by atoms with Crippen molar-refractivity contribution in [2.45, 2.75) is 63.1 Å². The molecule has 1 aromatic heterocycles. The Bertz CT molecular complexity index is 707. The van der Waals surface area contributed by atoms with Crippen LogP contribution in [0.25, 0.3) is 0 Å². The number of fused-ring (bicyclic) bond motifs is 1. The molecular formula is C17H23N5O3. The van der Waals surface area contributed by atoms with E-state index >= 15 is 0 Å². The van der Waals surface area contributed by atoms with Gasteiger partial charge >= 0.3 is 6.03 Å². The zero-order valence-corrected chi connectivity index (χ0v) is 14.2. The highest BCUT2D eigenvalue weighted by atomic mass is 16.2. The number of carbonyl (C=O) groups excluding carboxylic acids is 3. The van der Waals surface area contributed by atoms with Crippen LogP contribution in [0.5, 0.6) is 0 Å². The number of aryl methyl sites for hydroxylation is 1. The highest BCUT2D eigenvalue weighted by molar-refractivity contribution is 6.09. The maximum atomic E-state index is 12.7. The number of hydrogen-bond acceptors (Lipinski definition) is 4. The van der Waals surface area contributed by atoms with E-state index in [-0.39, 0.29) is 24.4 Å². The molecule has 0 radical (unpaired) electrons. The van der Waals surface area contributed by atoms with Gasteiger partial charge in [-0.05, 0) is 19.3 Å². The quantitative estimate of drug-likeness (QED) is 0.783. The van der Waals surface area contributed by atoms with Crippen LogP contribution in [0.1, 0.15) is 44.3 Å². The number of amides is 4. The molecule has 0 aromatic carbocycles. The van der Waals surface area contributed by atoms with Gasteiger partial charge in [0, 0.05) is 31.4 Å². The van der Waals surface area contributed by atoms with E-state index in [9.17, 15) is 14.4 Å². The number of urea groups is 1. The molecule has 134 valence electrons. The van der Waals surface area contributed by atoms with Gasteiger partial charge in [-0.25, -0.2) is 9.78 Å². The maximum Gasteiger partial charge on any atom is 0.325 e. The number of hydrogen-bond donors (Lipinski definition) is 2. The lowest BCUT2D eigenvalue weighted by atomic mass is 9.82. The van der Waals surface area contributed by atoms with Crippen molar-refractivity contribution in [2.24, 2.45) is 0 Å². The Hall–Kier alpha value is -2.38. The molecule has 8 nitrogen and oxygen atoms in total. The van der Waals surface area contributed by atoms with Gasteiger partial charge in [0.15, 0.2) is 0 Å². The zero-order chi connectivity index (χ0) is 17.4. The van der Waals surface area contributed by atoms with Gasteiger partial charge in [-0.3, -0.25) is 14.5 Å². The van der Waals surface area contributed by atoms with Crippen LogP contribution in [0.2, 0.25) is 0 Å². The minimum absolute atomic E-state index is 0.00129. The lowest BCUT2D eigenvalue weighted by Crippen LogP contribution is -2.49. The fourth-order valence-electron chi connectivity index (χ4n) is 4.22. The van der Waals surface area contributed by atoms with Crippen LogP contribution in [-0.4, -0.2) is 50.4 Å². The molecule has 2 fully saturated rings. The molecule has 1 atom stereocenters. The Morgan fingerprint density at radius 1 is 1.32 bits per heavy atom. The van der Waals surface area contributed by atoms with Gasteiger partial charge in [-0.15, -0.1) is 0 Å². The maximum absolute atomic E-state index is 12.7. The molecule has 1 spiro atoms. The van der Waals surface area contributed by atoms with E-state index in [1.807, 2.05) is 10.8 Å². The molecule has 8 heteroatoms. The van der Waals surface area contributed by atoms with E-state index < -0.39 is 11.6 Å². The van der Waals surface area contributed by atoms with Gasteiger partial charge in [0.1, 0.15) is 17.9 Å². The van der Waals surface area contributed by atoms with Gasteiger partial charge in [-0.2, -0.15) is 0 Å². The molecule has 1 saturated heterocycles. The van der Waals surface area contributed by atoms with E-state index in [2.05, 4.69) is 15.6 Å². The molecular weight excluding hydrogens is 322 g/mol. The summed E-state index contributed by atoms with van der Waals surface area (Å²) in [5.41, 5.74) is -0.772. The highest BCUT2D eigenvalue weighted by Crippen LogP contribution is 2.33. The van der Waals surface area contributed by atoms with Crippen molar-refractivity contribution in [3.63, 3.8) is 0 Å². The number of imidazole rings is 1. The minimum atomic E-state index is -0.772. The predicted octanol–water partition coefficient (Wildman–Crippen LogP) is 0.569. The van der Waals surface area contributed by atoms with Crippen LogP contribution in [0, 0.1) is 0 Å².